The minimum Gasteiger partial charge on any atom is -0.344 e. The highest BCUT2D eigenvalue weighted by molar-refractivity contribution is 5.85. The molecule has 0 aliphatic rings. The van der Waals surface area contributed by atoms with Gasteiger partial charge in [-0.15, -0.1) is 0 Å². The predicted molar refractivity (Wildman–Crippen MR) is 273 cm³/mol. The number of hydrogen-bond acceptors (Lipinski definition) is 5. The maximum Gasteiger partial charge on any atom is 0.164 e. The molecule has 0 saturated heterocycles. The number of aryl methyl sites for hydroxylation is 10. The van der Waals surface area contributed by atoms with Gasteiger partial charge in [-0.05, 0) is 185 Å². The van der Waals surface area contributed by atoms with Crippen molar-refractivity contribution in [1.29, 1.82) is 0 Å². The number of nitrogens with zero attached hydrogens (tertiary/aromatic N) is 5. The lowest BCUT2D eigenvalue weighted by Crippen LogP contribution is -2.12. The first-order chi connectivity index (χ1) is 30.5. The van der Waals surface area contributed by atoms with Crippen LogP contribution < -0.4 is 9.80 Å². The van der Waals surface area contributed by atoms with Gasteiger partial charge < -0.3 is 9.80 Å². The molecule has 8 aromatic rings. The Morgan fingerprint density at radius 1 is 0.312 bits per heavy atom. The normalized spacial score (nSPS) is 11.3. The average molecular weight is 840 g/mol. The fourth-order valence-electron chi connectivity index (χ4n) is 10.6. The van der Waals surface area contributed by atoms with Crippen molar-refractivity contribution in [3.63, 3.8) is 0 Å². The van der Waals surface area contributed by atoms with Gasteiger partial charge >= 0.3 is 0 Å². The number of benzene rings is 7. The standard InChI is InChI=1S/C59H61N5/c1-34-28-40(7)55(41(8)29-34)63(13)49-24-20-46(21-25-49)51-36(3)32-38(5)53(44(51)11)58-60-57(48-18-16-15-17-19-48)61-59(62-58)54-39(6)33-37(4)52(45(54)12)47-22-26-50(27-23-47)64(14)56-42(9)30-35(2)31-43(56)10/h15-33H,1-14H3. The molecule has 5 heteroatoms. The third-order valence-electron chi connectivity index (χ3n) is 13.1. The van der Waals surface area contributed by atoms with Gasteiger partial charge in [0.25, 0.3) is 0 Å². The highest BCUT2D eigenvalue weighted by Crippen LogP contribution is 2.42. The Kier molecular flexibility index (Phi) is 11.9. The van der Waals surface area contributed by atoms with Crippen LogP contribution in [0.15, 0.2) is 115 Å². The molecule has 0 saturated carbocycles. The number of hydrogen-bond donors (Lipinski definition) is 0. The molecule has 64 heavy (non-hydrogen) atoms. The first-order valence-corrected chi connectivity index (χ1v) is 22.4. The zero-order valence-electron chi connectivity index (χ0n) is 40.2. The summed E-state index contributed by atoms with van der Waals surface area (Å²) in [4.78, 5) is 20.6. The average Bonchev–Trinajstić information content (AvgIpc) is 3.23. The lowest BCUT2D eigenvalue weighted by atomic mass is 9.88. The molecule has 0 unspecified atom stereocenters. The molecule has 0 amide bonds. The van der Waals surface area contributed by atoms with Gasteiger partial charge in [-0.2, -0.15) is 0 Å². The lowest BCUT2D eigenvalue weighted by Gasteiger charge is -2.25. The molecular weight excluding hydrogens is 779 g/mol. The molecule has 8 rings (SSSR count). The maximum atomic E-state index is 5.42. The molecule has 0 aliphatic heterocycles. The summed E-state index contributed by atoms with van der Waals surface area (Å²) < 4.78 is 0. The summed E-state index contributed by atoms with van der Waals surface area (Å²) in [6, 6.07) is 41.9. The van der Waals surface area contributed by atoms with E-state index in [2.05, 4.69) is 204 Å². The SMILES string of the molecule is Cc1cc(C)c(N(C)c2ccc(-c3c(C)cc(C)c(-c4nc(-c5ccccc5)nc(-c5c(C)cc(C)c(-c6ccc(N(C)c7c(C)cc(C)cc7C)cc6)c5C)n4)c3C)cc2)c(C)c1. The monoisotopic (exact) mass is 839 g/mol. The van der Waals surface area contributed by atoms with Crippen LogP contribution in [-0.2, 0) is 0 Å². The van der Waals surface area contributed by atoms with Crippen LogP contribution in [0.4, 0.5) is 22.7 Å². The van der Waals surface area contributed by atoms with E-state index in [-0.39, 0.29) is 0 Å². The lowest BCUT2D eigenvalue weighted by molar-refractivity contribution is 1.06. The Labute approximate surface area is 381 Å². The van der Waals surface area contributed by atoms with Gasteiger partial charge in [0.15, 0.2) is 17.5 Å². The fraction of sp³-hybridized carbons (Fsp3) is 0.237. The minimum absolute atomic E-state index is 0.658. The molecule has 0 aliphatic carbocycles. The molecule has 7 aromatic carbocycles. The van der Waals surface area contributed by atoms with Crippen molar-refractivity contribution >= 4 is 22.7 Å². The van der Waals surface area contributed by atoms with Crippen molar-refractivity contribution in [1.82, 2.24) is 15.0 Å². The Balaban J connectivity index is 1.23. The minimum atomic E-state index is 0.658. The van der Waals surface area contributed by atoms with Gasteiger partial charge in [-0.3, -0.25) is 0 Å². The molecule has 322 valence electrons. The summed E-state index contributed by atoms with van der Waals surface area (Å²) in [7, 11) is 4.32. The zero-order chi connectivity index (χ0) is 45.7. The second-order valence-electron chi connectivity index (χ2n) is 18.1. The Hall–Kier alpha value is -6.85. The smallest absolute Gasteiger partial charge is 0.164 e. The molecule has 0 N–H and O–H groups in total. The quantitative estimate of drug-likeness (QED) is 0.145. The van der Waals surface area contributed by atoms with Crippen molar-refractivity contribution in [2.24, 2.45) is 0 Å². The van der Waals surface area contributed by atoms with E-state index in [1.54, 1.807) is 0 Å². The van der Waals surface area contributed by atoms with E-state index in [1.807, 2.05) is 18.2 Å². The number of aromatic nitrogens is 3. The van der Waals surface area contributed by atoms with E-state index in [4.69, 9.17) is 15.0 Å². The van der Waals surface area contributed by atoms with E-state index in [9.17, 15) is 0 Å². The maximum absolute atomic E-state index is 5.42. The first kappa shape index (κ1) is 43.8. The largest absolute Gasteiger partial charge is 0.344 e. The van der Waals surface area contributed by atoms with Crippen LogP contribution in [0.2, 0.25) is 0 Å². The molecule has 0 fully saturated rings. The summed E-state index contributed by atoms with van der Waals surface area (Å²) in [6.45, 7) is 26.3. The highest BCUT2D eigenvalue weighted by atomic mass is 15.1. The summed E-state index contributed by atoms with van der Waals surface area (Å²) in [6.07, 6.45) is 0. The van der Waals surface area contributed by atoms with Crippen molar-refractivity contribution < 1.29 is 0 Å². The molecule has 0 atom stereocenters. The second kappa shape index (κ2) is 17.4. The Morgan fingerprint density at radius 3 is 1.00 bits per heavy atom. The molecule has 5 nitrogen and oxygen atoms in total. The summed E-state index contributed by atoms with van der Waals surface area (Å²) >= 11 is 0. The summed E-state index contributed by atoms with van der Waals surface area (Å²) in [5.41, 5.74) is 27.3. The molecule has 1 heterocycles. The van der Waals surface area contributed by atoms with Crippen LogP contribution in [0.5, 0.6) is 0 Å². The second-order valence-corrected chi connectivity index (χ2v) is 18.1. The van der Waals surface area contributed by atoms with Crippen LogP contribution >= 0.6 is 0 Å². The van der Waals surface area contributed by atoms with Gasteiger partial charge in [-0.1, -0.05) is 102 Å². The Morgan fingerprint density at radius 2 is 0.641 bits per heavy atom. The van der Waals surface area contributed by atoms with E-state index >= 15 is 0 Å². The van der Waals surface area contributed by atoms with Crippen molar-refractivity contribution in [3.05, 3.63) is 182 Å². The first-order valence-electron chi connectivity index (χ1n) is 22.4. The topological polar surface area (TPSA) is 45.2 Å². The molecule has 0 bridgehead atoms. The fourth-order valence-corrected chi connectivity index (χ4v) is 10.6. The summed E-state index contributed by atoms with van der Waals surface area (Å²) in [5, 5.41) is 0. The van der Waals surface area contributed by atoms with Crippen LogP contribution in [0.1, 0.15) is 66.8 Å². The van der Waals surface area contributed by atoms with E-state index in [0.29, 0.717) is 17.5 Å². The van der Waals surface area contributed by atoms with Gasteiger partial charge in [0.05, 0.1) is 0 Å². The highest BCUT2D eigenvalue weighted by Gasteiger charge is 2.23. The third kappa shape index (κ3) is 8.12. The number of anilines is 4. The van der Waals surface area contributed by atoms with E-state index < -0.39 is 0 Å². The summed E-state index contributed by atoms with van der Waals surface area (Å²) in [5.74, 6) is 2.01. The van der Waals surface area contributed by atoms with Crippen molar-refractivity contribution in [2.45, 2.75) is 83.1 Å². The van der Waals surface area contributed by atoms with Crippen LogP contribution in [0, 0.1) is 83.1 Å². The Bertz CT molecular complexity index is 2840. The van der Waals surface area contributed by atoms with Crippen LogP contribution in [-0.4, -0.2) is 29.0 Å². The molecule has 0 spiro atoms. The molecule has 0 radical (unpaired) electrons. The molecular formula is C59H61N5. The van der Waals surface area contributed by atoms with Crippen molar-refractivity contribution in [2.75, 3.05) is 23.9 Å². The van der Waals surface area contributed by atoms with Crippen molar-refractivity contribution in [3.8, 4) is 56.4 Å². The van der Waals surface area contributed by atoms with Gasteiger partial charge in [0.2, 0.25) is 0 Å². The predicted octanol–water partition coefficient (Wildman–Crippen LogP) is 15.4. The zero-order valence-corrected chi connectivity index (χ0v) is 40.2. The van der Waals surface area contributed by atoms with Gasteiger partial charge in [0, 0.05) is 53.5 Å². The van der Waals surface area contributed by atoms with Gasteiger partial charge in [-0.25, -0.2) is 15.0 Å². The third-order valence-corrected chi connectivity index (χ3v) is 13.1. The van der Waals surface area contributed by atoms with Gasteiger partial charge in [0.1, 0.15) is 0 Å². The van der Waals surface area contributed by atoms with Crippen LogP contribution in [0.3, 0.4) is 0 Å². The number of rotatable bonds is 9. The molecule has 1 aromatic heterocycles. The van der Waals surface area contributed by atoms with Crippen LogP contribution in [0.25, 0.3) is 56.4 Å². The van der Waals surface area contributed by atoms with E-state index in [1.165, 1.54) is 78.1 Å². The van der Waals surface area contributed by atoms with E-state index in [0.717, 1.165) is 50.3 Å².